The number of hydrazone groups is 1. The molecule has 0 aliphatic carbocycles. The van der Waals surface area contributed by atoms with E-state index < -0.39 is 0 Å². The van der Waals surface area contributed by atoms with Gasteiger partial charge in [0, 0.05) is 12.8 Å². The number of carbonyl (C=O) groups excluding carboxylic acids is 2. The van der Waals surface area contributed by atoms with Crippen molar-refractivity contribution in [2.45, 2.75) is 32.1 Å². The van der Waals surface area contributed by atoms with Crippen LogP contribution in [0.1, 0.15) is 37.7 Å². The van der Waals surface area contributed by atoms with Crippen LogP contribution in [0.2, 0.25) is 0 Å². The lowest BCUT2D eigenvalue weighted by Crippen LogP contribution is -2.17. The molecule has 0 unspecified atom stereocenters. The van der Waals surface area contributed by atoms with Crippen LogP contribution in [0.15, 0.2) is 53.6 Å². The van der Waals surface area contributed by atoms with Crippen LogP contribution in [0.5, 0.6) is 11.5 Å². The Morgan fingerprint density at radius 1 is 0.967 bits per heavy atom. The van der Waals surface area contributed by atoms with E-state index in [4.69, 9.17) is 9.84 Å². The monoisotopic (exact) mass is 413 g/mol. The van der Waals surface area contributed by atoms with Gasteiger partial charge < -0.3 is 20.3 Å². The van der Waals surface area contributed by atoms with Crippen molar-refractivity contribution in [3.8, 4) is 11.5 Å². The summed E-state index contributed by atoms with van der Waals surface area (Å²) in [6, 6.07) is 13.7. The molecule has 2 aromatic rings. The summed E-state index contributed by atoms with van der Waals surface area (Å²) in [5.74, 6) is 0.333. The number of phenols is 1. The number of rotatable bonds is 12. The second kappa shape index (κ2) is 12.9. The van der Waals surface area contributed by atoms with Gasteiger partial charge in [-0.05, 0) is 54.8 Å². The SMILES string of the molecule is O=C(CCCCCC(=O)Nc1ccccc1O)N/N=C/c1ccc(OCCO)cc1. The molecule has 0 aliphatic heterocycles. The van der Waals surface area contributed by atoms with E-state index >= 15 is 0 Å². The Hall–Kier alpha value is -3.39. The Morgan fingerprint density at radius 3 is 2.37 bits per heavy atom. The number of amides is 2. The Balaban J connectivity index is 1.57. The van der Waals surface area contributed by atoms with Gasteiger partial charge in [-0.3, -0.25) is 9.59 Å². The van der Waals surface area contributed by atoms with E-state index in [1.807, 2.05) is 0 Å². The Morgan fingerprint density at radius 2 is 1.67 bits per heavy atom. The van der Waals surface area contributed by atoms with Crippen molar-refractivity contribution in [1.29, 1.82) is 0 Å². The molecule has 0 radical (unpaired) electrons. The highest BCUT2D eigenvalue weighted by Gasteiger charge is 2.06. The molecule has 4 N–H and O–H groups in total. The third-order valence-electron chi connectivity index (χ3n) is 4.13. The third-order valence-corrected chi connectivity index (χ3v) is 4.13. The molecule has 0 bridgehead atoms. The topological polar surface area (TPSA) is 120 Å². The number of hydrogen-bond acceptors (Lipinski definition) is 6. The van der Waals surface area contributed by atoms with Crippen molar-refractivity contribution in [3.05, 3.63) is 54.1 Å². The molecule has 2 aromatic carbocycles. The normalized spacial score (nSPS) is 10.7. The van der Waals surface area contributed by atoms with Crippen LogP contribution in [0.25, 0.3) is 0 Å². The van der Waals surface area contributed by atoms with Crippen molar-refractivity contribution in [2.75, 3.05) is 18.5 Å². The molecule has 0 atom stereocenters. The molecule has 0 fully saturated rings. The Kier molecular flexibility index (Phi) is 9.88. The van der Waals surface area contributed by atoms with E-state index in [2.05, 4.69) is 15.8 Å². The van der Waals surface area contributed by atoms with Crippen molar-refractivity contribution < 1.29 is 24.5 Å². The minimum atomic E-state index is -0.187. The van der Waals surface area contributed by atoms with Crippen LogP contribution in [-0.4, -0.2) is 41.5 Å². The molecule has 0 heterocycles. The molecule has 2 rings (SSSR count). The molecular formula is C22H27N3O5. The molecule has 0 saturated heterocycles. The van der Waals surface area contributed by atoms with E-state index in [1.165, 1.54) is 12.3 Å². The molecule has 0 spiro atoms. The average Bonchev–Trinajstić information content (AvgIpc) is 2.74. The van der Waals surface area contributed by atoms with E-state index in [0.29, 0.717) is 37.1 Å². The number of para-hydroxylation sites is 2. The minimum absolute atomic E-state index is 0.0362. The lowest BCUT2D eigenvalue weighted by atomic mass is 10.1. The Labute approximate surface area is 175 Å². The number of anilines is 1. The molecule has 8 nitrogen and oxygen atoms in total. The summed E-state index contributed by atoms with van der Waals surface area (Å²) in [4.78, 5) is 23.7. The number of benzene rings is 2. The number of carbonyl (C=O) groups is 2. The van der Waals surface area contributed by atoms with Crippen LogP contribution in [0, 0.1) is 0 Å². The standard InChI is InChI=1S/C22H27N3O5/c26-14-15-30-18-12-10-17(11-13-18)16-23-25-22(29)9-3-1-2-8-21(28)24-19-6-4-5-7-20(19)27/h4-7,10-13,16,26-27H,1-3,8-9,14-15H2,(H,24,28)(H,25,29)/b23-16+. The van der Waals surface area contributed by atoms with Crippen LogP contribution in [0.3, 0.4) is 0 Å². The van der Waals surface area contributed by atoms with E-state index in [9.17, 15) is 14.7 Å². The van der Waals surface area contributed by atoms with Gasteiger partial charge in [0.15, 0.2) is 0 Å². The highest BCUT2D eigenvalue weighted by Crippen LogP contribution is 2.21. The number of aliphatic hydroxyl groups excluding tert-OH is 1. The molecule has 30 heavy (non-hydrogen) atoms. The van der Waals surface area contributed by atoms with E-state index in [0.717, 1.165) is 12.0 Å². The number of aromatic hydroxyl groups is 1. The van der Waals surface area contributed by atoms with Gasteiger partial charge >= 0.3 is 0 Å². The molecule has 2 amide bonds. The first-order valence-electron chi connectivity index (χ1n) is 9.82. The first kappa shape index (κ1) is 22.9. The maximum atomic E-state index is 11.9. The van der Waals surface area contributed by atoms with Gasteiger partial charge in [0.05, 0.1) is 18.5 Å². The van der Waals surface area contributed by atoms with Crippen LogP contribution in [0.4, 0.5) is 5.69 Å². The van der Waals surface area contributed by atoms with Crippen LogP contribution < -0.4 is 15.5 Å². The molecule has 160 valence electrons. The maximum Gasteiger partial charge on any atom is 0.240 e. The molecular weight excluding hydrogens is 386 g/mol. The first-order chi connectivity index (χ1) is 14.6. The van der Waals surface area contributed by atoms with Gasteiger partial charge in [0.1, 0.15) is 18.1 Å². The van der Waals surface area contributed by atoms with Crippen molar-refractivity contribution in [1.82, 2.24) is 5.43 Å². The number of unbranched alkanes of at least 4 members (excludes halogenated alkanes) is 2. The second-order valence-corrected chi connectivity index (χ2v) is 6.56. The van der Waals surface area contributed by atoms with Crippen molar-refractivity contribution in [2.24, 2.45) is 5.10 Å². The molecule has 0 aromatic heterocycles. The van der Waals surface area contributed by atoms with E-state index in [-0.39, 0.29) is 30.8 Å². The average molecular weight is 413 g/mol. The number of hydrogen-bond donors (Lipinski definition) is 4. The number of nitrogens with one attached hydrogen (secondary N) is 2. The summed E-state index contributed by atoms with van der Waals surface area (Å²) < 4.78 is 5.27. The molecule has 8 heteroatoms. The minimum Gasteiger partial charge on any atom is -0.506 e. The fourth-order valence-corrected chi connectivity index (χ4v) is 2.59. The number of aliphatic hydroxyl groups is 1. The number of phenolic OH excluding ortho intramolecular Hbond substituents is 1. The Bertz CT molecular complexity index is 837. The quantitative estimate of drug-likeness (QED) is 0.185. The predicted molar refractivity (Wildman–Crippen MR) is 115 cm³/mol. The first-order valence-corrected chi connectivity index (χ1v) is 9.82. The number of nitrogens with zero attached hydrogens (tertiary/aromatic N) is 1. The largest absolute Gasteiger partial charge is 0.506 e. The summed E-state index contributed by atoms with van der Waals surface area (Å²) in [5, 5.41) is 24.9. The summed E-state index contributed by atoms with van der Waals surface area (Å²) >= 11 is 0. The predicted octanol–water partition coefficient (Wildman–Crippen LogP) is 2.80. The zero-order valence-corrected chi connectivity index (χ0v) is 16.7. The maximum absolute atomic E-state index is 11.9. The van der Waals surface area contributed by atoms with Crippen LogP contribution >= 0.6 is 0 Å². The van der Waals surface area contributed by atoms with E-state index in [1.54, 1.807) is 42.5 Å². The summed E-state index contributed by atoms with van der Waals surface area (Å²) in [7, 11) is 0. The fraction of sp³-hybridized carbons (Fsp3) is 0.318. The number of ether oxygens (including phenoxy) is 1. The van der Waals surface area contributed by atoms with Crippen molar-refractivity contribution >= 4 is 23.7 Å². The summed E-state index contributed by atoms with van der Waals surface area (Å²) in [5.41, 5.74) is 3.68. The zero-order chi connectivity index (χ0) is 21.6. The van der Waals surface area contributed by atoms with Gasteiger partial charge in [-0.1, -0.05) is 18.6 Å². The lowest BCUT2D eigenvalue weighted by molar-refractivity contribution is -0.121. The highest BCUT2D eigenvalue weighted by atomic mass is 16.5. The molecule has 0 saturated carbocycles. The third kappa shape index (κ3) is 8.74. The highest BCUT2D eigenvalue weighted by molar-refractivity contribution is 5.92. The van der Waals surface area contributed by atoms with Crippen LogP contribution in [-0.2, 0) is 9.59 Å². The molecule has 0 aliphatic rings. The second-order valence-electron chi connectivity index (χ2n) is 6.56. The van der Waals surface area contributed by atoms with Gasteiger partial charge in [0.2, 0.25) is 11.8 Å². The fourth-order valence-electron chi connectivity index (χ4n) is 2.59. The zero-order valence-electron chi connectivity index (χ0n) is 16.7. The lowest BCUT2D eigenvalue weighted by Gasteiger charge is -2.06. The summed E-state index contributed by atoms with van der Waals surface area (Å²) in [6.07, 6.45) is 4.24. The summed E-state index contributed by atoms with van der Waals surface area (Å²) in [6.45, 7) is 0.200. The van der Waals surface area contributed by atoms with Gasteiger partial charge in [-0.15, -0.1) is 0 Å². The smallest absolute Gasteiger partial charge is 0.240 e. The van der Waals surface area contributed by atoms with Gasteiger partial charge in [0.25, 0.3) is 0 Å². The van der Waals surface area contributed by atoms with Gasteiger partial charge in [-0.25, -0.2) is 5.43 Å². The van der Waals surface area contributed by atoms with Crippen molar-refractivity contribution in [3.63, 3.8) is 0 Å². The van der Waals surface area contributed by atoms with Gasteiger partial charge in [-0.2, -0.15) is 5.10 Å².